The second kappa shape index (κ2) is 4.25. The lowest BCUT2D eigenvalue weighted by atomic mass is 9.60. The highest BCUT2D eigenvalue weighted by molar-refractivity contribution is 5.41. The lowest BCUT2D eigenvalue weighted by molar-refractivity contribution is 0.215. The van der Waals surface area contributed by atoms with Crippen molar-refractivity contribution < 1.29 is 9.47 Å². The van der Waals surface area contributed by atoms with E-state index in [1.807, 2.05) is 12.1 Å². The van der Waals surface area contributed by atoms with Gasteiger partial charge in [0.1, 0.15) is 0 Å². The third kappa shape index (κ3) is 1.93. The number of nitriles is 1. The second-order valence-electron chi connectivity index (χ2n) is 4.65. The van der Waals surface area contributed by atoms with Gasteiger partial charge in [0.05, 0.1) is 25.7 Å². The number of hydrogen-bond donors (Lipinski definition) is 0. The molecule has 0 N–H and O–H groups in total. The molecule has 1 heterocycles. The largest absolute Gasteiger partial charge is 0.481 e. The summed E-state index contributed by atoms with van der Waals surface area (Å²) in [6, 6.07) is 6.09. The molecule has 1 saturated carbocycles. The van der Waals surface area contributed by atoms with E-state index in [4.69, 9.17) is 9.47 Å². The fourth-order valence-corrected chi connectivity index (χ4v) is 2.49. The molecule has 1 fully saturated rings. The van der Waals surface area contributed by atoms with Crippen LogP contribution in [-0.4, -0.2) is 19.2 Å². The molecule has 4 heteroatoms. The Morgan fingerprint density at radius 2 is 1.82 bits per heavy atom. The fraction of sp³-hybridized carbons (Fsp3) is 0.538. The lowest BCUT2D eigenvalue weighted by Gasteiger charge is -2.41. The van der Waals surface area contributed by atoms with Crippen LogP contribution in [0.3, 0.4) is 0 Å². The molecular formula is C13H16N2O2. The van der Waals surface area contributed by atoms with Gasteiger partial charge in [-0.3, -0.25) is 0 Å². The Morgan fingerprint density at radius 3 is 2.18 bits per heavy atom. The number of nitrogens with zero attached hydrogens (tertiary/aromatic N) is 2. The Bertz CT molecular complexity index is 437. The van der Waals surface area contributed by atoms with Crippen LogP contribution in [0.4, 0.5) is 0 Å². The molecule has 1 aliphatic rings. The Morgan fingerprint density at radius 1 is 1.29 bits per heavy atom. The zero-order chi connectivity index (χ0) is 12.5. The van der Waals surface area contributed by atoms with E-state index in [1.165, 1.54) is 0 Å². The number of ether oxygens (including phenoxy) is 2. The molecular weight excluding hydrogens is 216 g/mol. The van der Waals surface area contributed by atoms with E-state index in [0.29, 0.717) is 17.7 Å². The van der Waals surface area contributed by atoms with E-state index in [0.717, 1.165) is 18.4 Å². The second-order valence-corrected chi connectivity index (χ2v) is 4.65. The lowest BCUT2D eigenvalue weighted by Crippen LogP contribution is -2.38. The zero-order valence-electron chi connectivity index (χ0n) is 10.4. The molecule has 0 aromatic carbocycles. The first-order valence-electron chi connectivity index (χ1n) is 5.65. The highest BCUT2D eigenvalue weighted by Crippen LogP contribution is 2.48. The predicted octanol–water partition coefficient (Wildman–Crippen LogP) is 2.29. The number of methoxy groups -OCH3 is 2. The van der Waals surface area contributed by atoms with Gasteiger partial charge < -0.3 is 9.47 Å². The van der Waals surface area contributed by atoms with Crippen LogP contribution >= 0.6 is 0 Å². The van der Waals surface area contributed by atoms with Gasteiger partial charge in [0.2, 0.25) is 11.8 Å². The molecule has 0 atom stereocenters. The molecule has 90 valence electrons. The summed E-state index contributed by atoms with van der Waals surface area (Å²) in [4.78, 5) is 4.14. The molecule has 0 unspecified atom stereocenters. The Hall–Kier alpha value is -1.76. The van der Waals surface area contributed by atoms with Crippen LogP contribution in [0.5, 0.6) is 11.8 Å². The molecule has 1 aromatic rings. The molecule has 0 bridgehead atoms. The average Bonchev–Trinajstić information content (AvgIpc) is 2.33. The molecule has 0 saturated heterocycles. The summed E-state index contributed by atoms with van der Waals surface area (Å²) in [7, 11) is 3.13. The first kappa shape index (κ1) is 11.7. The quantitative estimate of drug-likeness (QED) is 0.802. The number of aromatic nitrogens is 1. The summed E-state index contributed by atoms with van der Waals surface area (Å²) < 4.78 is 10.3. The third-order valence-corrected chi connectivity index (χ3v) is 3.36. The average molecular weight is 232 g/mol. The minimum absolute atomic E-state index is 0.386. The van der Waals surface area contributed by atoms with Crippen molar-refractivity contribution in [3.63, 3.8) is 0 Å². The van der Waals surface area contributed by atoms with Crippen molar-refractivity contribution in [2.45, 2.75) is 25.2 Å². The molecule has 1 aliphatic carbocycles. The summed E-state index contributed by atoms with van der Waals surface area (Å²) in [6.07, 6.45) is 1.78. The summed E-state index contributed by atoms with van der Waals surface area (Å²) in [5, 5.41) is 9.38. The van der Waals surface area contributed by atoms with Crippen LogP contribution in [0.2, 0.25) is 0 Å². The number of hydrogen-bond acceptors (Lipinski definition) is 4. The Balaban J connectivity index is 2.41. The van der Waals surface area contributed by atoms with Crippen LogP contribution in [0.1, 0.15) is 25.3 Å². The number of pyridine rings is 1. The zero-order valence-corrected chi connectivity index (χ0v) is 10.4. The van der Waals surface area contributed by atoms with Crippen LogP contribution in [0.15, 0.2) is 12.1 Å². The van der Waals surface area contributed by atoms with Crippen molar-refractivity contribution in [1.82, 2.24) is 4.98 Å². The molecule has 1 aromatic heterocycles. The van der Waals surface area contributed by atoms with E-state index in [-0.39, 0.29) is 5.41 Å². The number of rotatable bonds is 3. The monoisotopic (exact) mass is 232 g/mol. The molecule has 0 radical (unpaired) electrons. The minimum Gasteiger partial charge on any atom is -0.481 e. The van der Waals surface area contributed by atoms with Crippen molar-refractivity contribution in [3.05, 3.63) is 17.7 Å². The van der Waals surface area contributed by atoms with Crippen molar-refractivity contribution in [1.29, 1.82) is 5.26 Å². The van der Waals surface area contributed by atoms with Crippen molar-refractivity contribution in [2.24, 2.45) is 5.92 Å². The summed E-state index contributed by atoms with van der Waals surface area (Å²) in [6.45, 7) is 2.16. The Kier molecular flexibility index (Phi) is 2.93. The van der Waals surface area contributed by atoms with Gasteiger partial charge in [0, 0.05) is 12.1 Å². The highest BCUT2D eigenvalue weighted by atomic mass is 16.5. The smallest absolute Gasteiger partial charge is 0.216 e. The maximum absolute atomic E-state index is 9.38. The third-order valence-electron chi connectivity index (χ3n) is 3.36. The Labute approximate surface area is 101 Å². The van der Waals surface area contributed by atoms with E-state index < -0.39 is 0 Å². The highest BCUT2D eigenvalue weighted by Gasteiger charge is 2.44. The van der Waals surface area contributed by atoms with Gasteiger partial charge in [-0.25, -0.2) is 0 Å². The van der Waals surface area contributed by atoms with Gasteiger partial charge >= 0.3 is 0 Å². The van der Waals surface area contributed by atoms with Crippen LogP contribution < -0.4 is 9.47 Å². The molecule has 4 nitrogen and oxygen atoms in total. The van der Waals surface area contributed by atoms with Gasteiger partial charge in [-0.2, -0.15) is 10.2 Å². The van der Waals surface area contributed by atoms with Crippen LogP contribution in [0, 0.1) is 17.2 Å². The fourth-order valence-electron chi connectivity index (χ4n) is 2.49. The van der Waals surface area contributed by atoms with Crippen LogP contribution in [-0.2, 0) is 5.41 Å². The summed E-state index contributed by atoms with van der Waals surface area (Å²) in [5.74, 6) is 1.59. The van der Waals surface area contributed by atoms with Crippen molar-refractivity contribution >= 4 is 0 Å². The maximum Gasteiger partial charge on any atom is 0.216 e. The normalized spacial score (nSPS) is 26.8. The predicted molar refractivity (Wildman–Crippen MR) is 63.0 cm³/mol. The van der Waals surface area contributed by atoms with E-state index in [9.17, 15) is 5.26 Å². The SMILES string of the molecule is COc1cc(C2(C#N)CC(C)C2)cc(OC)n1. The molecule has 0 spiro atoms. The molecule has 17 heavy (non-hydrogen) atoms. The standard InChI is InChI=1S/C13H16N2O2/c1-9-6-13(7-9,8-14)10-4-11(16-2)15-12(5-10)17-3/h4-5,9H,6-7H2,1-3H3. The van der Waals surface area contributed by atoms with Gasteiger partial charge in [0.15, 0.2) is 0 Å². The minimum atomic E-state index is -0.386. The van der Waals surface area contributed by atoms with Crippen molar-refractivity contribution in [3.8, 4) is 17.8 Å². The topological polar surface area (TPSA) is 55.1 Å². The first-order chi connectivity index (χ1) is 8.13. The first-order valence-corrected chi connectivity index (χ1v) is 5.65. The summed E-state index contributed by atoms with van der Waals surface area (Å²) >= 11 is 0. The summed E-state index contributed by atoms with van der Waals surface area (Å²) in [5.41, 5.74) is 0.560. The van der Waals surface area contributed by atoms with Crippen LogP contribution in [0.25, 0.3) is 0 Å². The maximum atomic E-state index is 9.38. The van der Waals surface area contributed by atoms with Gasteiger partial charge in [-0.05, 0) is 24.3 Å². The van der Waals surface area contributed by atoms with E-state index in [1.54, 1.807) is 14.2 Å². The van der Waals surface area contributed by atoms with Crippen molar-refractivity contribution in [2.75, 3.05) is 14.2 Å². The van der Waals surface area contributed by atoms with Gasteiger partial charge in [-0.15, -0.1) is 0 Å². The molecule has 0 aliphatic heterocycles. The van der Waals surface area contributed by atoms with E-state index >= 15 is 0 Å². The molecule has 0 amide bonds. The van der Waals surface area contributed by atoms with Gasteiger partial charge in [0.25, 0.3) is 0 Å². The van der Waals surface area contributed by atoms with E-state index in [2.05, 4.69) is 18.0 Å². The van der Waals surface area contributed by atoms with Gasteiger partial charge in [-0.1, -0.05) is 6.92 Å². The molecule has 2 rings (SSSR count).